The third-order valence-electron chi connectivity index (χ3n) is 5.88. The van der Waals surface area contributed by atoms with Crippen LogP contribution in [0.4, 0.5) is 0 Å². The van der Waals surface area contributed by atoms with Gasteiger partial charge in [0, 0.05) is 25.2 Å². The largest absolute Gasteiger partial charge is 0.350 e. The van der Waals surface area contributed by atoms with Crippen molar-refractivity contribution in [3.8, 4) is 0 Å². The van der Waals surface area contributed by atoms with Crippen molar-refractivity contribution < 1.29 is 9.32 Å². The first-order valence-corrected chi connectivity index (χ1v) is 10.3. The summed E-state index contributed by atoms with van der Waals surface area (Å²) in [5, 5.41) is 7.19. The van der Waals surface area contributed by atoms with Gasteiger partial charge in [-0.3, -0.25) is 4.79 Å². The van der Waals surface area contributed by atoms with Crippen LogP contribution in [0.5, 0.6) is 0 Å². The van der Waals surface area contributed by atoms with Gasteiger partial charge in [-0.2, -0.15) is 0 Å². The van der Waals surface area contributed by atoms with Gasteiger partial charge < -0.3 is 14.7 Å². The molecule has 1 atom stereocenters. The van der Waals surface area contributed by atoms with E-state index in [9.17, 15) is 4.79 Å². The SMILES string of the molecule is O=C(NC[C@H]1CCCN(CCc2ccccc2)C1)c1onc2c1CCCC2. The molecule has 144 valence electrons. The molecule has 4 rings (SSSR count). The lowest BCUT2D eigenvalue weighted by molar-refractivity contribution is 0.0895. The number of rotatable bonds is 6. The summed E-state index contributed by atoms with van der Waals surface area (Å²) in [5.41, 5.74) is 3.41. The molecule has 5 heteroatoms. The zero-order chi connectivity index (χ0) is 18.5. The molecule has 27 heavy (non-hydrogen) atoms. The van der Waals surface area contributed by atoms with E-state index in [2.05, 4.69) is 45.7 Å². The number of nitrogens with one attached hydrogen (secondary N) is 1. The number of piperidine rings is 1. The molecule has 1 aliphatic heterocycles. The number of fused-ring (bicyclic) bond motifs is 1. The van der Waals surface area contributed by atoms with Crippen LogP contribution in [-0.2, 0) is 19.3 Å². The van der Waals surface area contributed by atoms with Gasteiger partial charge in [-0.25, -0.2) is 0 Å². The second kappa shape index (κ2) is 8.70. The average Bonchev–Trinajstić information content (AvgIpc) is 3.16. The summed E-state index contributed by atoms with van der Waals surface area (Å²) in [6.07, 6.45) is 7.58. The van der Waals surface area contributed by atoms with Crippen molar-refractivity contribution in [2.45, 2.75) is 44.9 Å². The Morgan fingerprint density at radius 3 is 2.93 bits per heavy atom. The van der Waals surface area contributed by atoms with Crippen LogP contribution in [0.25, 0.3) is 0 Å². The molecule has 1 amide bonds. The van der Waals surface area contributed by atoms with Crippen LogP contribution in [0.1, 0.15) is 53.1 Å². The Balaban J connectivity index is 1.25. The zero-order valence-corrected chi connectivity index (χ0v) is 16.0. The monoisotopic (exact) mass is 367 g/mol. The van der Waals surface area contributed by atoms with Crippen molar-refractivity contribution in [2.75, 3.05) is 26.2 Å². The third-order valence-corrected chi connectivity index (χ3v) is 5.88. The highest BCUT2D eigenvalue weighted by Gasteiger charge is 2.25. The van der Waals surface area contributed by atoms with E-state index in [1.54, 1.807) is 0 Å². The Labute approximate surface area is 161 Å². The fourth-order valence-corrected chi connectivity index (χ4v) is 4.34. The molecule has 2 aliphatic rings. The summed E-state index contributed by atoms with van der Waals surface area (Å²) < 4.78 is 5.36. The quantitative estimate of drug-likeness (QED) is 0.852. The number of hydrogen-bond acceptors (Lipinski definition) is 4. The second-order valence-corrected chi connectivity index (χ2v) is 7.90. The Bertz CT molecular complexity index is 756. The number of likely N-dealkylation sites (tertiary alicyclic amines) is 1. The van der Waals surface area contributed by atoms with E-state index < -0.39 is 0 Å². The molecule has 1 aliphatic carbocycles. The molecule has 0 radical (unpaired) electrons. The molecule has 1 saturated heterocycles. The van der Waals surface area contributed by atoms with E-state index in [0.29, 0.717) is 11.7 Å². The summed E-state index contributed by atoms with van der Waals surface area (Å²) >= 11 is 0. The van der Waals surface area contributed by atoms with Crippen molar-refractivity contribution in [2.24, 2.45) is 5.92 Å². The smallest absolute Gasteiger partial charge is 0.290 e. The number of carbonyl (C=O) groups excluding carboxylic acids is 1. The highest BCUT2D eigenvalue weighted by Crippen LogP contribution is 2.24. The molecule has 0 unspecified atom stereocenters. The molecule has 2 heterocycles. The third kappa shape index (κ3) is 4.59. The van der Waals surface area contributed by atoms with E-state index >= 15 is 0 Å². The first-order valence-electron chi connectivity index (χ1n) is 10.3. The van der Waals surface area contributed by atoms with Crippen LogP contribution in [0, 0.1) is 5.92 Å². The van der Waals surface area contributed by atoms with Crippen LogP contribution < -0.4 is 5.32 Å². The Kier molecular flexibility index (Phi) is 5.87. The van der Waals surface area contributed by atoms with Crippen LogP contribution in [0.3, 0.4) is 0 Å². The van der Waals surface area contributed by atoms with Gasteiger partial charge in [0.05, 0.1) is 5.69 Å². The second-order valence-electron chi connectivity index (χ2n) is 7.90. The van der Waals surface area contributed by atoms with Crippen molar-refractivity contribution in [1.82, 2.24) is 15.4 Å². The Hall–Kier alpha value is -2.14. The molecular formula is C22H29N3O2. The van der Waals surface area contributed by atoms with Crippen molar-refractivity contribution in [3.63, 3.8) is 0 Å². The summed E-state index contributed by atoms with van der Waals surface area (Å²) in [6, 6.07) is 10.7. The van der Waals surface area contributed by atoms with E-state index in [1.807, 2.05) is 0 Å². The average molecular weight is 367 g/mol. The van der Waals surface area contributed by atoms with Crippen LogP contribution in [0.2, 0.25) is 0 Å². The number of aromatic nitrogens is 1. The lowest BCUT2D eigenvalue weighted by Gasteiger charge is -2.32. The standard InChI is InChI=1S/C22H29N3O2/c26-22(21-19-10-4-5-11-20(19)24-27-21)23-15-18-9-6-13-25(16-18)14-12-17-7-2-1-3-8-17/h1-3,7-8,18H,4-6,9-16H2,(H,23,26)/t18-/m1/s1. The van der Waals surface area contributed by atoms with Crippen LogP contribution >= 0.6 is 0 Å². The highest BCUT2D eigenvalue weighted by molar-refractivity contribution is 5.93. The highest BCUT2D eigenvalue weighted by atomic mass is 16.5. The van der Waals surface area contributed by atoms with Gasteiger partial charge in [-0.1, -0.05) is 35.5 Å². The fourth-order valence-electron chi connectivity index (χ4n) is 4.34. The summed E-state index contributed by atoms with van der Waals surface area (Å²) in [4.78, 5) is 15.1. The van der Waals surface area contributed by atoms with Crippen molar-refractivity contribution >= 4 is 5.91 Å². The Morgan fingerprint density at radius 1 is 1.19 bits per heavy atom. The molecular weight excluding hydrogens is 338 g/mol. The van der Waals surface area contributed by atoms with Gasteiger partial charge >= 0.3 is 0 Å². The molecule has 1 aromatic heterocycles. The maximum atomic E-state index is 12.6. The van der Waals surface area contributed by atoms with Crippen LogP contribution in [0.15, 0.2) is 34.9 Å². The number of aryl methyl sites for hydroxylation is 1. The minimum atomic E-state index is -0.0907. The van der Waals surface area contributed by atoms with Gasteiger partial charge in [-0.15, -0.1) is 0 Å². The summed E-state index contributed by atoms with van der Waals surface area (Å²) in [6.45, 7) is 4.02. The van der Waals surface area contributed by atoms with Gasteiger partial charge in [0.1, 0.15) is 0 Å². The van der Waals surface area contributed by atoms with E-state index in [-0.39, 0.29) is 5.91 Å². The molecule has 1 aromatic carbocycles. The number of carbonyl (C=O) groups is 1. The number of benzene rings is 1. The minimum Gasteiger partial charge on any atom is -0.350 e. The normalized spacial score (nSPS) is 20.2. The van der Waals surface area contributed by atoms with Gasteiger partial charge in [0.25, 0.3) is 5.91 Å². The summed E-state index contributed by atoms with van der Waals surface area (Å²) in [7, 11) is 0. The van der Waals surface area contributed by atoms with E-state index in [0.717, 1.165) is 69.5 Å². The molecule has 0 bridgehead atoms. The predicted octanol–water partition coefficient (Wildman–Crippen LogP) is 3.24. The molecule has 2 aromatic rings. The molecule has 5 nitrogen and oxygen atoms in total. The maximum Gasteiger partial charge on any atom is 0.290 e. The van der Waals surface area contributed by atoms with Crippen molar-refractivity contribution in [1.29, 1.82) is 0 Å². The van der Waals surface area contributed by atoms with E-state index in [4.69, 9.17) is 4.52 Å². The molecule has 0 spiro atoms. The Morgan fingerprint density at radius 2 is 2.04 bits per heavy atom. The van der Waals surface area contributed by atoms with Gasteiger partial charge in [0.2, 0.25) is 5.76 Å². The topological polar surface area (TPSA) is 58.4 Å². The zero-order valence-electron chi connectivity index (χ0n) is 16.0. The first-order chi connectivity index (χ1) is 13.3. The number of nitrogens with zero attached hydrogens (tertiary/aromatic N) is 2. The lowest BCUT2D eigenvalue weighted by Crippen LogP contribution is -2.41. The molecule has 1 fully saturated rings. The number of amides is 1. The van der Waals surface area contributed by atoms with Crippen LogP contribution in [-0.4, -0.2) is 42.1 Å². The van der Waals surface area contributed by atoms with Gasteiger partial charge in [-0.05, 0) is 63.0 Å². The van der Waals surface area contributed by atoms with Crippen molar-refractivity contribution in [3.05, 3.63) is 52.9 Å². The first kappa shape index (κ1) is 18.2. The fraction of sp³-hybridized carbons (Fsp3) is 0.545. The molecule has 0 saturated carbocycles. The predicted molar refractivity (Wildman–Crippen MR) is 105 cm³/mol. The van der Waals surface area contributed by atoms with Gasteiger partial charge in [0.15, 0.2) is 0 Å². The van der Waals surface area contributed by atoms with E-state index in [1.165, 1.54) is 18.4 Å². The summed E-state index contributed by atoms with van der Waals surface area (Å²) in [5.74, 6) is 0.866. The molecule has 1 N–H and O–H groups in total. The lowest BCUT2D eigenvalue weighted by atomic mass is 9.95. The minimum absolute atomic E-state index is 0.0907. The maximum absolute atomic E-state index is 12.6. The number of hydrogen-bond donors (Lipinski definition) is 1.